The third kappa shape index (κ3) is 3.31. The first kappa shape index (κ1) is 16.5. The van der Waals surface area contributed by atoms with Gasteiger partial charge in [-0.2, -0.15) is 0 Å². The fourth-order valence-corrected chi connectivity index (χ4v) is 3.69. The van der Waals surface area contributed by atoms with E-state index in [9.17, 15) is 12.8 Å². The van der Waals surface area contributed by atoms with E-state index in [1.54, 1.807) is 0 Å². The third-order valence-electron chi connectivity index (χ3n) is 2.46. The van der Waals surface area contributed by atoms with Crippen molar-refractivity contribution in [2.75, 3.05) is 10.5 Å². The molecule has 0 radical (unpaired) electrons. The molecule has 2 rings (SSSR count). The summed E-state index contributed by atoms with van der Waals surface area (Å²) in [6.07, 6.45) is 2.79. The number of aromatic nitrogens is 1. The van der Waals surface area contributed by atoms with Crippen LogP contribution in [-0.4, -0.2) is 13.4 Å². The van der Waals surface area contributed by atoms with Gasteiger partial charge >= 0.3 is 0 Å². The van der Waals surface area contributed by atoms with Crippen LogP contribution in [0.3, 0.4) is 0 Å². The second-order valence-corrected chi connectivity index (χ2v) is 7.56. The Hall–Kier alpha value is -0.900. The van der Waals surface area contributed by atoms with Crippen LogP contribution in [0.25, 0.3) is 0 Å². The molecule has 1 aromatic carbocycles. The number of nitrogens with zero attached hydrogens (tertiary/aromatic N) is 1. The molecule has 3 N–H and O–H groups in total. The van der Waals surface area contributed by atoms with E-state index in [1.807, 2.05) is 0 Å². The van der Waals surface area contributed by atoms with Crippen molar-refractivity contribution < 1.29 is 12.8 Å². The maximum Gasteiger partial charge on any atom is 0.264 e. The summed E-state index contributed by atoms with van der Waals surface area (Å²) in [4.78, 5) is 3.16. The van der Waals surface area contributed by atoms with Crippen molar-refractivity contribution in [1.82, 2.24) is 4.98 Å². The lowest BCUT2D eigenvalue weighted by Crippen LogP contribution is -2.16. The molecule has 0 amide bonds. The molecule has 0 fully saturated rings. The van der Waals surface area contributed by atoms with Crippen molar-refractivity contribution in [3.8, 4) is 0 Å². The number of anilines is 2. The average Bonchev–Trinajstić information content (AvgIpc) is 2.42. The molecule has 0 saturated carbocycles. The van der Waals surface area contributed by atoms with Crippen molar-refractivity contribution in [1.29, 1.82) is 0 Å². The van der Waals surface area contributed by atoms with Crippen LogP contribution in [0.15, 0.2) is 38.4 Å². The number of benzene rings is 1. The summed E-state index contributed by atoms with van der Waals surface area (Å²) < 4.78 is 41.4. The van der Waals surface area contributed by atoms with Gasteiger partial charge in [0.2, 0.25) is 0 Å². The molecule has 0 unspecified atom stereocenters. The summed E-state index contributed by atoms with van der Waals surface area (Å²) in [5.41, 5.74) is 5.32. The highest BCUT2D eigenvalue weighted by Crippen LogP contribution is 2.35. The Morgan fingerprint density at radius 1 is 1.38 bits per heavy atom. The Morgan fingerprint density at radius 2 is 2.05 bits per heavy atom. The Labute approximate surface area is 142 Å². The molecular formula is C11H7Br2ClFN3O2S. The fraction of sp³-hybridized carbons (Fsp3) is 0. The van der Waals surface area contributed by atoms with Crippen LogP contribution in [-0.2, 0) is 10.0 Å². The molecule has 21 heavy (non-hydrogen) atoms. The number of rotatable bonds is 3. The normalized spacial score (nSPS) is 11.4. The molecule has 10 heteroatoms. The lowest BCUT2D eigenvalue weighted by molar-refractivity contribution is 0.572. The van der Waals surface area contributed by atoms with Gasteiger partial charge in [-0.25, -0.2) is 12.8 Å². The highest BCUT2D eigenvalue weighted by atomic mass is 79.9. The summed E-state index contributed by atoms with van der Waals surface area (Å²) in [6, 6.07) is 2.40. The monoisotopic (exact) mass is 457 g/mol. The number of nitrogen functional groups attached to an aromatic ring is 1. The second-order valence-electron chi connectivity index (χ2n) is 3.86. The molecule has 0 spiro atoms. The minimum atomic E-state index is -4.20. The van der Waals surface area contributed by atoms with Crippen LogP contribution in [0.5, 0.6) is 0 Å². The van der Waals surface area contributed by atoms with Crippen LogP contribution in [0, 0.1) is 5.82 Å². The Kier molecular flexibility index (Phi) is 4.76. The lowest BCUT2D eigenvalue weighted by atomic mass is 10.3. The fourth-order valence-electron chi connectivity index (χ4n) is 1.45. The van der Waals surface area contributed by atoms with Crippen molar-refractivity contribution >= 4 is 64.9 Å². The number of hydrogen-bond donors (Lipinski definition) is 2. The number of halogens is 4. The summed E-state index contributed by atoms with van der Waals surface area (Å²) in [6.45, 7) is 0. The van der Waals surface area contributed by atoms with E-state index in [-0.39, 0.29) is 20.9 Å². The van der Waals surface area contributed by atoms with Crippen molar-refractivity contribution in [2.45, 2.75) is 4.90 Å². The summed E-state index contributed by atoms with van der Waals surface area (Å²) in [7, 11) is -4.20. The molecule has 1 heterocycles. The molecule has 0 saturated heterocycles. The third-order valence-corrected chi connectivity index (χ3v) is 5.84. The van der Waals surface area contributed by atoms with E-state index in [0.717, 1.165) is 6.07 Å². The van der Waals surface area contributed by atoms with Gasteiger partial charge in [0.15, 0.2) is 5.82 Å². The standard InChI is InChI=1S/C11H7Br2ClFN3O2S/c12-5-4-17-2-1-7(5)18-21(19,20)8-3-6(14)9(13)11(16)10(8)15/h1-4H,16H2,(H,17,18). The van der Waals surface area contributed by atoms with E-state index in [4.69, 9.17) is 17.3 Å². The maximum absolute atomic E-state index is 14.1. The van der Waals surface area contributed by atoms with Gasteiger partial charge in [0, 0.05) is 12.4 Å². The zero-order valence-corrected chi connectivity index (χ0v) is 14.8. The lowest BCUT2D eigenvalue weighted by Gasteiger charge is -2.12. The van der Waals surface area contributed by atoms with Crippen molar-refractivity contribution in [3.05, 3.63) is 44.3 Å². The second kappa shape index (κ2) is 6.07. The molecule has 5 nitrogen and oxygen atoms in total. The Morgan fingerprint density at radius 3 is 2.67 bits per heavy atom. The molecule has 0 aliphatic rings. The predicted octanol–water partition coefficient (Wildman–Crippen LogP) is 3.78. The largest absolute Gasteiger partial charge is 0.395 e. The first-order valence-corrected chi connectivity index (χ1v) is 8.74. The van der Waals surface area contributed by atoms with Gasteiger partial charge in [-0.15, -0.1) is 0 Å². The van der Waals surface area contributed by atoms with Crippen LogP contribution in [0.2, 0.25) is 5.02 Å². The molecule has 0 aliphatic carbocycles. The molecular weight excluding hydrogens is 452 g/mol. The minimum Gasteiger partial charge on any atom is -0.395 e. The van der Waals surface area contributed by atoms with E-state index >= 15 is 0 Å². The quantitative estimate of drug-likeness (QED) is 0.540. The smallest absolute Gasteiger partial charge is 0.264 e. The van der Waals surface area contributed by atoms with Gasteiger partial charge in [-0.3, -0.25) is 9.71 Å². The minimum absolute atomic E-state index is 0.0110. The van der Waals surface area contributed by atoms with Gasteiger partial charge in [-0.1, -0.05) is 11.6 Å². The first-order valence-electron chi connectivity index (χ1n) is 5.29. The first-order chi connectivity index (χ1) is 9.74. The number of nitrogens with one attached hydrogen (secondary N) is 1. The van der Waals surface area contributed by atoms with Gasteiger partial charge in [-0.05, 0) is 44.0 Å². The predicted molar refractivity (Wildman–Crippen MR) is 86.3 cm³/mol. The van der Waals surface area contributed by atoms with Gasteiger partial charge < -0.3 is 5.73 Å². The molecule has 2 aromatic rings. The van der Waals surface area contributed by atoms with E-state index in [1.165, 1.54) is 18.5 Å². The SMILES string of the molecule is Nc1c(F)c(S(=O)(=O)Nc2ccncc2Br)cc(Cl)c1Br. The van der Waals surface area contributed by atoms with Crippen LogP contribution < -0.4 is 10.5 Å². The summed E-state index contributed by atoms with van der Waals surface area (Å²) in [5.74, 6) is -1.08. The molecule has 0 atom stereocenters. The summed E-state index contributed by atoms with van der Waals surface area (Å²) >= 11 is 11.9. The molecule has 0 aliphatic heterocycles. The Balaban J connectivity index is 2.53. The van der Waals surface area contributed by atoms with E-state index in [2.05, 4.69) is 41.6 Å². The average molecular weight is 460 g/mol. The number of hydrogen-bond acceptors (Lipinski definition) is 4. The van der Waals surface area contributed by atoms with Crippen LogP contribution >= 0.6 is 43.5 Å². The van der Waals surface area contributed by atoms with Gasteiger partial charge in [0.05, 0.1) is 25.3 Å². The van der Waals surface area contributed by atoms with Crippen molar-refractivity contribution in [3.63, 3.8) is 0 Å². The zero-order chi connectivity index (χ0) is 15.8. The highest BCUT2D eigenvalue weighted by Gasteiger charge is 2.24. The van der Waals surface area contributed by atoms with Crippen molar-refractivity contribution in [2.24, 2.45) is 0 Å². The van der Waals surface area contributed by atoms with Gasteiger partial charge in [0.25, 0.3) is 10.0 Å². The van der Waals surface area contributed by atoms with Crippen LogP contribution in [0.1, 0.15) is 0 Å². The summed E-state index contributed by atoms with van der Waals surface area (Å²) in [5, 5.41) is -0.0110. The topological polar surface area (TPSA) is 85.1 Å². The van der Waals surface area contributed by atoms with E-state index in [0.29, 0.717) is 4.47 Å². The molecule has 112 valence electrons. The number of pyridine rings is 1. The van der Waals surface area contributed by atoms with Crippen LogP contribution in [0.4, 0.5) is 15.8 Å². The highest BCUT2D eigenvalue weighted by molar-refractivity contribution is 9.11. The zero-order valence-electron chi connectivity index (χ0n) is 10.1. The maximum atomic E-state index is 14.1. The number of sulfonamides is 1. The number of nitrogens with two attached hydrogens (primary N) is 1. The molecule has 0 bridgehead atoms. The molecule has 1 aromatic heterocycles. The Bertz CT molecular complexity index is 817. The van der Waals surface area contributed by atoms with E-state index < -0.39 is 20.7 Å². The van der Waals surface area contributed by atoms with Gasteiger partial charge in [0.1, 0.15) is 4.90 Å².